The molecule has 0 spiro atoms. The van der Waals surface area contributed by atoms with Crippen LogP contribution in [-0.2, 0) is 0 Å². The molecule has 30 heavy (non-hydrogen) atoms. The summed E-state index contributed by atoms with van der Waals surface area (Å²) in [7, 11) is 3.70. The first kappa shape index (κ1) is 23.2. The predicted octanol–water partition coefficient (Wildman–Crippen LogP) is 2.19. The quantitative estimate of drug-likeness (QED) is 0.506. The Kier molecular flexibility index (Phi) is 8.61. The van der Waals surface area contributed by atoms with Gasteiger partial charge in [-0.25, -0.2) is 9.18 Å². The Morgan fingerprint density at radius 2 is 1.73 bits per heavy atom. The van der Waals surface area contributed by atoms with Crippen molar-refractivity contribution >= 4 is 29.0 Å². The Bertz CT molecular complexity index is 868. The molecule has 0 atom stereocenters. The van der Waals surface area contributed by atoms with E-state index in [2.05, 4.69) is 29.8 Å². The van der Waals surface area contributed by atoms with E-state index < -0.39 is 11.8 Å². The standard InChI is InChI=1S/C22H30FN5O2/c1-5-28(6-2)14-13-24-21(29)17-15-16(11-12-20(17)27(3)4)25-22(30)26-19-10-8-7-9-18(19)23/h7-12,15H,5-6,13-14H2,1-4H3,(H,24,29)(H2,25,26,30)/p+1. The van der Waals surface area contributed by atoms with Crippen molar-refractivity contribution in [3.63, 3.8) is 0 Å². The Hall–Kier alpha value is -3.13. The Balaban J connectivity index is 2.10. The molecule has 8 heteroatoms. The van der Waals surface area contributed by atoms with E-state index in [0.717, 1.165) is 25.3 Å². The van der Waals surface area contributed by atoms with E-state index in [-0.39, 0.29) is 11.6 Å². The van der Waals surface area contributed by atoms with Gasteiger partial charge in [0.25, 0.3) is 5.91 Å². The molecule has 0 heterocycles. The molecule has 0 aliphatic rings. The molecule has 0 saturated heterocycles. The number of urea groups is 1. The Morgan fingerprint density at radius 1 is 1.03 bits per heavy atom. The Morgan fingerprint density at radius 3 is 2.37 bits per heavy atom. The summed E-state index contributed by atoms with van der Waals surface area (Å²) in [5.74, 6) is -0.727. The van der Waals surface area contributed by atoms with E-state index in [4.69, 9.17) is 0 Å². The number of amides is 3. The maximum absolute atomic E-state index is 13.7. The first-order valence-electron chi connectivity index (χ1n) is 10.1. The summed E-state index contributed by atoms with van der Waals surface area (Å²) in [4.78, 5) is 28.3. The van der Waals surface area contributed by atoms with Crippen LogP contribution in [0.2, 0.25) is 0 Å². The molecule has 162 valence electrons. The molecule has 3 amide bonds. The van der Waals surface area contributed by atoms with Crippen LogP contribution in [0.3, 0.4) is 0 Å². The molecule has 0 aliphatic heterocycles. The summed E-state index contributed by atoms with van der Waals surface area (Å²) in [6.07, 6.45) is 0. The third-order valence-corrected chi connectivity index (χ3v) is 4.87. The molecule has 2 rings (SSSR count). The van der Waals surface area contributed by atoms with Crippen molar-refractivity contribution in [2.75, 3.05) is 55.8 Å². The average Bonchev–Trinajstić information content (AvgIpc) is 2.72. The van der Waals surface area contributed by atoms with E-state index in [1.165, 1.54) is 17.0 Å². The maximum atomic E-state index is 13.7. The van der Waals surface area contributed by atoms with Crippen LogP contribution in [0.15, 0.2) is 42.5 Å². The fourth-order valence-electron chi connectivity index (χ4n) is 3.08. The van der Waals surface area contributed by atoms with E-state index in [0.29, 0.717) is 17.8 Å². The van der Waals surface area contributed by atoms with Crippen molar-refractivity contribution in [2.45, 2.75) is 13.8 Å². The van der Waals surface area contributed by atoms with Crippen molar-refractivity contribution in [3.05, 3.63) is 53.8 Å². The topological polar surface area (TPSA) is 77.9 Å². The number of hydrogen-bond donors (Lipinski definition) is 4. The molecule has 0 unspecified atom stereocenters. The highest BCUT2D eigenvalue weighted by Crippen LogP contribution is 2.23. The number of hydrogen-bond acceptors (Lipinski definition) is 3. The van der Waals surface area contributed by atoms with Gasteiger partial charge in [-0.3, -0.25) is 4.79 Å². The van der Waals surface area contributed by atoms with Crippen LogP contribution < -0.4 is 25.8 Å². The number of para-hydroxylation sites is 1. The number of anilines is 3. The van der Waals surface area contributed by atoms with Gasteiger partial charge in [-0.2, -0.15) is 0 Å². The molecule has 0 aromatic heterocycles. The lowest BCUT2D eigenvalue weighted by atomic mass is 10.1. The van der Waals surface area contributed by atoms with Gasteiger partial charge < -0.3 is 25.8 Å². The zero-order chi connectivity index (χ0) is 22.1. The SMILES string of the molecule is CC[NH+](CC)CCNC(=O)c1cc(NC(=O)Nc2ccccc2F)ccc1N(C)C. The molecular formula is C22H31FN5O2+. The fraction of sp³-hybridized carbons (Fsp3) is 0.364. The van der Waals surface area contributed by atoms with Gasteiger partial charge in [0.2, 0.25) is 0 Å². The number of carbonyl (C=O) groups is 2. The largest absolute Gasteiger partial charge is 0.377 e. The highest BCUT2D eigenvalue weighted by molar-refractivity contribution is 6.04. The van der Waals surface area contributed by atoms with Gasteiger partial charge in [-0.1, -0.05) is 12.1 Å². The summed E-state index contributed by atoms with van der Waals surface area (Å²) in [5, 5.41) is 8.07. The van der Waals surface area contributed by atoms with E-state index in [1.807, 2.05) is 19.0 Å². The second-order valence-corrected chi connectivity index (χ2v) is 7.15. The van der Waals surface area contributed by atoms with Gasteiger partial charge in [0.05, 0.1) is 37.4 Å². The third kappa shape index (κ3) is 6.45. The van der Waals surface area contributed by atoms with Crippen molar-refractivity contribution in [2.24, 2.45) is 0 Å². The molecule has 7 nitrogen and oxygen atoms in total. The fourth-order valence-corrected chi connectivity index (χ4v) is 3.08. The third-order valence-electron chi connectivity index (χ3n) is 4.87. The van der Waals surface area contributed by atoms with Crippen LogP contribution in [0.25, 0.3) is 0 Å². The average molecular weight is 417 g/mol. The molecule has 0 fully saturated rings. The van der Waals surface area contributed by atoms with Crippen LogP contribution in [-0.4, -0.2) is 52.2 Å². The summed E-state index contributed by atoms with van der Waals surface area (Å²) in [6.45, 7) is 7.66. The van der Waals surface area contributed by atoms with Crippen LogP contribution in [0.4, 0.5) is 26.2 Å². The van der Waals surface area contributed by atoms with Crippen LogP contribution in [0.5, 0.6) is 0 Å². The van der Waals surface area contributed by atoms with Crippen molar-refractivity contribution in [1.82, 2.24) is 5.32 Å². The predicted molar refractivity (Wildman–Crippen MR) is 119 cm³/mol. The number of carbonyl (C=O) groups excluding carboxylic acids is 2. The summed E-state index contributed by atoms with van der Waals surface area (Å²) >= 11 is 0. The molecule has 4 N–H and O–H groups in total. The first-order valence-corrected chi connectivity index (χ1v) is 10.1. The number of quaternary nitrogens is 1. The molecule has 0 bridgehead atoms. The van der Waals surface area contributed by atoms with Gasteiger partial charge in [-0.15, -0.1) is 0 Å². The second kappa shape index (κ2) is 11.2. The first-order chi connectivity index (χ1) is 14.3. The number of halogens is 1. The summed E-state index contributed by atoms with van der Waals surface area (Å²) < 4.78 is 13.7. The minimum absolute atomic E-state index is 0.0804. The van der Waals surface area contributed by atoms with Crippen LogP contribution in [0.1, 0.15) is 24.2 Å². The van der Waals surface area contributed by atoms with E-state index >= 15 is 0 Å². The highest BCUT2D eigenvalue weighted by Gasteiger charge is 2.16. The molecule has 0 saturated carbocycles. The maximum Gasteiger partial charge on any atom is 0.323 e. The van der Waals surface area contributed by atoms with Gasteiger partial charge in [0, 0.05) is 25.5 Å². The van der Waals surface area contributed by atoms with Crippen LogP contribution >= 0.6 is 0 Å². The number of likely N-dealkylation sites (N-methyl/N-ethyl adjacent to an activating group) is 1. The van der Waals surface area contributed by atoms with Crippen molar-refractivity contribution < 1.29 is 18.9 Å². The zero-order valence-electron chi connectivity index (χ0n) is 18.0. The van der Waals surface area contributed by atoms with Gasteiger partial charge in [0.15, 0.2) is 0 Å². The number of nitrogens with zero attached hydrogens (tertiary/aromatic N) is 1. The number of nitrogens with one attached hydrogen (secondary N) is 4. The van der Waals surface area contributed by atoms with Crippen molar-refractivity contribution in [3.8, 4) is 0 Å². The van der Waals surface area contributed by atoms with Crippen molar-refractivity contribution in [1.29, 1.82) is 0 Å². The minimum atomic E-state index is -0.589. The molecule has 2 aromatic carbocycles. The van der Waals surface area contributed by atoms with Gasteiger partial charge in [0.1, 0.15) is 5.82 Å². The summed E-state index contributed by atoms with van der Waals surface area (Å²) in [6, 6.07) is 10.4. The smallest absolute Gasteiger partial charge is 0.323 e. The van der Waals surface area contributed by atoms with E-state index in [1.54, 1.807) is 30.3 Å². The lowest BCUT2D eigenvalue weighted by molar-refractivity contribution is -0.895. The number of rotatable bonds is 9. The lowest BCUT2D eigenvalue weighted by Crippen LogP contribution is -3.12. The number of benzene rings is 2. The van der Waals surface area contributed by atoms with E-state index in [9.17, 15) is 14.0 Å². The minimum Gasteiger partial charge on any atom is -0.377 e. The van der Waals surface area contributed by atoms with Gasteiger partial charge >= 0.3 is 6.03 Å². The Labute approximate surface area is 177 Å². The second-order valence-electron chi connectivity index (χ2n) is 7.15. The molecule has 2 aromatic rings. The highest BCUT2D eigenvalue weighted by atomic mass is 19.1. The normalized spacial score (nSPS) is 10.6. The summed E-state index contributed by atoms with van der Waals surface area (Å²) in [5.41, 5.74) is 1.71. The monoisotopic (exact) mass is 416 g/mol. The zero-order valence-corrected chi connectivity index (χ0v) is 18.0. The molecule has 0 aliphatic carbocycles. The van der Waals surface area contributed by atoms with Gasteiger partial charge in [-0.05, 0) is 44.2 Å². The lowest BCUT2D eigenvalue weighted by Gasteiger charge is -2.19. The van der Waals surface area contributed by atoms with Crippen LogP contribution in [0, 0.1) is 5.82 Å². The molecular weight excluding hydrogens is 385 g/mol. The molecule has 0 radical (unpaired) electrons.